The molecular weight excluding hydrogens is 352 g/mol. The smallest absolute Gasteiger partial charge is 0.252 e. The molecule has 4 rings (SSSR count). The molecule has 3 aromatic rings. The lowest BCUT2D eigenvalue weighted by Gasteiger charge is -2.24. The number of para-hydroxylation sites is 1. The SMILES string of the molecule is C[C@]1(NC(=O)c2cc(-c3ccco3)nc3ccccc23)CCS(=O)(=O)C1. The van der Waals surface area contributed by atoms with E-state index in [1.165, 1.54) is 0 Å². The quantitative estimate of drug-likeness (QED) is 0.766. The number of benzene rings is 1. The van der Waals surface area contributed by atoms with Crippen LogP contribution in [0.15, 0.2) is 53.1 Å². The highest BCUT2D eigenvalue weighted by Crippen LogP contribution is 2.27. The summed E-state index contributed by atoms with van der Waals surface area (Å²) in [6, 6.07) is 12.6. The second-order valence-electron chi connectivity index (χ2n) is 6.91. The Hall–Kier alpha value is -2.67. The van der Waals surface area contributed by atoms with E-state index in [4.69, 9.17) is 4.42 Å². The Bertz CT molecular complexity index is 1090. The zero-order valence-electron chi connectivity index (χ0n) is 14.2. The summed E-state index contributed by atoms with van der Waals surface area (Å²) in [4.78, 5) is 17.6. The molecule has 0 saturated carbocycles. The first kappa shape index (κ1) is 16.8. The van der Waals surface area contributed by atoms with Gasteiger partial charge < -0.3 is 9.73 Å². The molecule has 1 N–H and O–H groups in total. The van der Waals surface area contributed by atoms with Gasteiger partial charge in [0.05, 0.1) is 34.4 Å². The number of hydrogen-bond donors (Lipinski definition) is 1. The number of carbonyl (C=O) groups excluding carboxylic acids is 1. The van der Waals surface area contributed by atoms with Gasteiger partial charge in [0.1, 0.15) is 5.69 Å². The molecule has 7 heteroatoms. The third-order valence-electron chi connectivity index (χ3n) is 4.65. The van der Waals surface area contributed by atoms with E-state index in [2.05, 4.69) is 10.3 Å². The van der Waals surface area contributed by atoms with E-state index in [9.17, 15) is 13.2 Å². The summed E-state index contributed by atoms with van der Waals surface area (Å²) in [5, 5.41) is 3.63. The minimum atomic E-state index is -3.11. The monoisotopic (exact) mass is 370 g/mol. The molecule has 0 aliphatic carbocycles. The number of aromatic nitrogens is 1. The van der Waals surface area contributed by atoms with E-state index in [-0.39, 0.29) is 17.4 Å². The van der Waals surface area contributed by atoms with Crippen LogP contribution in [-0.2, 0) is 9.84 Å². The van der Waals surface area contributed by atoms with Crippen molar-refractivity contribution in [2.45, 2.75) is 18.9 Å². The third-order valence-corrected chi connectivity index (χ3v) is 6.56. The average molecular weight is 370 g/mol. The Labute approximate surface area is 151 Å². The Morgan fingerprint density at radius 3 is 2.73 bits per heavy atom. The van der Waals surface area contributed by atoms with Crippen molar-refractivity contribution < 1.29 is 17.6 Å². The molecule has 1 aliphatic heterocycles. The second kappa shape index (κ2) is 5.95. The van der Waals surface area contributed by atoms with Gasteiger partial charge in [-0.1, -0.05) is 18.2 Å². The predicted octanol–water partition coefficient (Wildman–Crippen LogP) is 2.80. The molecule has 0 bridgehead atoms. The standard InChI is InChI=1S/C19H18N2O4S/c1-19(8-10-26(23,24)12-19)21-18(22)14-11-16(17-7-4-9-25-17)20-15-6-3-2-5-13(14)15/h2-7,9,11H,8,10,12H2,1H3,(H,21,22)/t19-/m0/s1. The van der Waals surface area contributed by atoms with Gasteiger partial charge in [0.2, 0.25) is 0 Å². The van der Waals surface area contributed by atoms with Crippen LogP contribution < -0.4 is 5.32 Å². The molecule has 2 aromatic heterocycles. The fourth-order valence-corrected chi connectivity index (χ4v) is 5.46. The minimum Gasteiger partial charge on any atom is -0.463 e. The molecule has 1 fully saturated rings. The molecule has 6 nitrogen and oxygen atoms in total. The molecular formula is C19H18N2O4S. The van der Waals surface area contributed by atoms with Crippen molar-refractivity contribution in [3.8, 4) is 11.5 Å². The summed E-state index contributed by atoms with van der Waals surface area (Å²) in [5.41, 5.74) is 0.928. The topological polar surface area (TPSA) is 89.3 Å². The molecule has 26 heavy (non-hydrogen) atoms. The van der Waals surface area contributed by atoms with Crippen LogP contribution in [0.3, 0.4) is 0 Å². The van der Waals surface area contributed by atoms with Crippen LogP contribution >= 0.6 is 0 Å². The van der Waals surface area contributed by atoms with Crippen LogP contribution in [0.1, 0.15) is 23.7 Å². The number of sulfone groups is 1. The van der Waals surface area contributed by atoms with E-state index in [1.807, 2.05) is 24.3 Å². The molecule has 0 spiro atoms. The maximum Gasteiger partial charge on any atom is 0.252 e. The number of fused-ring (bicyclic) bond motifs is 1. The van der Waals surface area contributed by atoms with Crippen LogP contribution in [0.25, 0.3) is 22.4 Å². The summed E-state index contributed by atoms with van der Waals surface area (Å²) in [6.07, 6.45) is 1.96. The lowest BCUT2D eigenvalue weighted by atomic mass is 10.00. The van der Waals surface area contributed by atoms with Gasteiger partial charge in [0.15, 0.2) is 15.6 Å². The van der Waals surface area contributed by atoms with Crippen molar-refractivity contribution in [1.29, 1.82) is 0 Å². The number of amides is 1. The average Bonchev–Trinajstić information content (AvgIpc) is 3.21. The minimum absolute atomic E-state index is 0.0419. The molecule has 134 valence electrons. The Kier molecular flexibility index (Phi) is 3.84. The molecule has 0 unspecified atom stereocenters. The maximum absolute atomic E-state index is 13.0. The number of furan rings is 1. The highest BCUT2D eigenvalue weighted by atomic mass is 32.2. The number of pyridine rings is 1. The zero-order valence-corrected chi connectivity index (χ0v) is 15.0. The molecule has 0 radical (unpaired) electrons. The number of rotatable bonds is 3. The summed E-state index contributed by atoms with van der Waals surface area (Å²) in [7, 11) is -3.11. The highest BCUT2D eigenvalue weighted by molar-refractivity contribution is 7.91. The Morgan fingerprint density at radius 2 is 2.04 bits per heavy atom. The first-order valence-corrected chi connectivity index (χ1v) is 10.1. The molecule has 3 heterocycles. The van der Waals surface area contributed by atoms with Crippen molar-refractivity contribution in [1.82, 2.24) is 10.3 Å². The summed E-state index contributed by atoms with van der Waals surface area (Å²) in [6.45, 7) is 1.77. The Morgan fingerprint density at radius 1 is 1.23 bits per heavy atom. The molecule has 1 saturated heterocycles. The van der Waals surface area contributed by atoms with Crippen LogP contribution in [0.2, 0.25) is 0 Å². The first-order valence-electron chi connectivity index (χ1n) is 8.32. The second-order valence-corrected chi connectivity index (χ2v) is 9.09. The fourth-order valence-electron chi connectivity index (χ4n) is 3.36. The number of hydrogen-bond acceptors (Lipinski definition) is 5. The van der Waals surface area contributed by atoms with Gasteiger partial charge in [-0.05, 0) is 37.6 Å². The van der Waals surface area contributed by atoms with Gasteiger partial charge in [-0.25, -0.2) is 13.4 Å². The van der Waals surface area contributed by atoms with E-state index < -0.39 is 15.4 Å². The largest absolute Gasteiger partial charge is 0.463 e. The van der Waals surface area contributed by atoms with Crippen molar-refractivity contribution in [2.75, 3.05) is 11.5 Å². The van der Waals surface area contributed by atoms with Crippen LogP contribution in [0.5, 0.6) is 0 Å². The maximum atomic E-state index is 13.0. The molecule has 1 atom stereocenters. The van der Waals surface area contributed by atoms with Crippen molar-refractivity contribution in [3.05, 3.63) is 54.3 Å². The number of nitrogens with one attached hydrogen (secondary N) is 1. The van der Waals surface area contributed by atoms with Crippen molar-refractivity contribution in [2.24, 2.45) is 0 Å². The van der Waals surface area contributed by atoms with Gasteiger partial charge in [-0.3, -0.25) is 4.79 Å². The van der Waals surface area contributed by atoms with Gasteiger partial charge in [0, 0.05) is 5.39 Å². The third kappa shape index (κ3) is 3.10. The fraction of sp³-hybridized carbons (Fsp3) is 0.263. The van der Waals surface area contributed by atoms with E-state index in [0.29, 0.717) is 34.3 Å². The normalized spacial score (nSPS) is 21.7. The van der Waals surface area contributed by atoms with E-state index >= 15 is 0 Å². The Balaban J connectivity index is 1.76. The zero-order chi connectivity index (χ0) is 18.4. The van der Waals surface area contributed by atoms with Crippen LogP contribution in [0, 0.1) is 0 Å². The van der Waals surface area contributed by atoms with Gasteiger partial charge in [-0.2, -0.15) is 0 Å². The van der Waals surface area contributed by atoms with Gasteiger partial charge in [-0.15, -0.1) is 0 Å². The molecule has 1 aromatic carbocycles. The van der Waals surface area contributed by atoms with E-state index in [0.717, 1.165) is 0 Å². The lowest BCUT2D eigenvalue weighted by Crippen LogP contribution is -2.47. The van der Waals surface area contributed by atoms with Crippen LogP contribution in [-0.4, -0.2) is 36.4 Å². The molecule has 1 aliphatic rings. The van der Waals surface area contributed by atoms with Crippen molar-refractivity contribution in [3.63, 3.8) is 0 Å². The number of nitrogens with zero attached hydrogens (tertiary/aromatic N) is 1. The number of carbonyl (C=O) groups is 1. The van der Waals surface area contributed by atoms with Gasteiger partial charge in [0.25, 0.3) is 5.91 Å². The highest BCUT2D eigenvalue weighted by Gasteiger charge is 2.39. The lowest BCUT2D eigenvalue weighted by molar-refractivity contribution is 0.0917. The van der Waals surface area contributed by atoms with Gasteiger partial charge >= 0.3 is 0 Å². The summed E-state index contributed by atoms with van der Waals surface area (Å²) >= 11 is 0. The van der Waals surface area contributed by atoms with Crippen LogP contribution in [0.4, 0.5) is 0 Å². The first-order chi connectivity index (χ1) is 12.4. The van der Waals surface area contributed by atoms with E-state index in [1.54, 1.807) is 31.4 Å². The predicted molar refractivity (Wildman–Crippen MR) is 98.6 cm³/mol. The molecule has 1 amide bonds. The van der Waals surface area contributed by atoms with Crippen molar-refractivity contribution >= 4 is 26.6 Å². The summed E-state index contributed by atoms with van der Waals surface area (Å²) in [5.74, 6) is 0.314. The summed E-state index contributed by atoms with van der Waals surface area (Å²) < 4.78 is 29.0.